The van der Waals surface area contributed by atoms with Gasteiger partial charge < -0.3 is 4.90 Å². The summed E-state index contributed by atoms with van der Waals surface area (Å²) in [5.41, 5.74) is 4.25. The molecule has 0 saturated heterocycles. The van der Waals surface area contributed by atoms with Gasteiger partial charge in [-0.15, -0.1) is 0 Å². The first-order chi connectivity index (χ1) is 5.61. The average molecular weight is 163 g/mol. The first-order valence-corrected chi connectivity index (χ1v) is 4.31. The van der Waals surface area contributed by atoms with E-state index in [1.165, 1.54) is 16.7 Å². The maximum atomic E-state index is 2.20. The second-order valence-corrected chi connectivity index (χ2v) is 3.61. The van der Waals surface area contributed by atoms with Crippen LogP contribution in [0.4, 0.5) is 0 Å². The van der Waals surface area contributed by atoms with Crippen LogP contribution in [-0.4, -0.2) is 19.0 Å². The molecule has 66 valence electrons. The zero-order chi connectivity index (χ0) is 9.14. The van der Waals surface area contributed by atoms with E-state index in [1.54, 1.807) is 0 Å². The first kappa shape index (κ1) is 9.27. The Morgan fingerprint density at radius 2 is 1.58 bits per heavy atom. The van der Waals surface area contributed by atoms with Gasteiger partial charge in [-0.3, -0.25) is 0 Å². The standard InChI is InChI=1S/C11H17N/c1-9-6-5-7-10(2)11(9)8-12(3)4/h5-7H,8H2,1-4H3. The van der Waals surface area contributed by atoms with Crippen LogP contribution in [0.1, 0.15) is 16.7 Å². The van der Waals surface area contributed by atoms with E-state index < -0.39 is 0 Å². The molecule has 0 fully saturated rings. The van der Waals surface area contributed by atoms with Gasteiger partial charge in [-0.25, -0.2) is 0 Å². The number of benzene rings is 1. The summed E-state index contributed by atoms with van der Waals surface area (Å²) in [4.78, 5) is 2.20. The topological polar surface area (TPSA) is 3.24 Å². The molecule has 1 rings (SSSR count). The quantitative estimate of drug-likeness (QED) is 0.647. The van der Waals surface area contributed by atoms with E-state index >= 15 is 0 Å². The van der Waals surface area contributed by atoms with Gasteiger partial charge in [-0.1, -0.05) is 18.2 Å². The van der Waals surface area contributed by atoms with Crippen LogP contribution in [0.15, 0.2) is 18.2 Å². The van der Waals surface area contributed by atoms with Crippen LogP contribution in [0.25, 0.3) is 0 Å². The summed E-state index contributed by atoms with van der Waals surface area (Å²) in [5.74, 6) is 0. The molecule has 1 aromatic carbocycles. The van der Waals surface area contributed by atoms with Crippen molar-refractivity contribution in [1.82, 2.24) is 4.90 Å². The minimum Gasteiger partial charge on any atom is -0.305 e. The normalized spacial score (nSPS) is 10.8. The van der Waals surface area contributed by atoms with Gasteiger partial charge in [-0.2, -0.15) is 0 Å². The van der Waals surface area contributed by atoms with E-state index in [0.717, 1.165) is 6.54 Å². The average Bonchev–Trinajstić information content (AvgIpc) is 1.97. The van der Waals surface area contributed by atoms with Crippen molar-refractivity contribution in [3.05, 3.63) is 34.9 Å². The molecule has 0 aliphatic heterocycles. The first-order valence-electron chi connectivity index (χ1n) is 4.31. The molecule has 1 heteroatoms. The van der Waals surface area contributed by atoms with Crippen molar-refractivity contribution in [2.45, 2.75) is 20.4 Å². The molecule has 0 N–H and O–H groups in total. The summed E-state index contributed by atoms with van der Waals surface area (Å²) >= 11 is 0. The Labute approximate surface area is 75.0 Å². The van der Waals surface area contributed by atoms with E-state index in [4.69, 9.17) is 0 Å². The molecule has 0 aliphatic carbocycles. The largest absolute Gasteiger partial charge is 0.305 e. The van der Waals surface area contributed by atoms with Crippen LogP contribution in [0.2, 0.25) is 0 Å². The number of hydrogen-bond acceptors (Lipinski definition) is 1. The van der Waals surface area contributed by atoms with E-state index in [9.17, 15) is 0 Å². The maximum absolute atomic E-state index is 2.20. The molecular weight excluding hydrogens is 146 g/mol. The van der Waals surface area contributed by atoms with Crippen LogP contribution in [0.3, 0.4) is 0 Å². The third-order valence-electron chi connectivity index (χ3n) is 2.12. The highest BCUT2D eigenvalue weighted by Crippen LogP contribution is 2.14. The molecule has 0 aliphatic rings. The SMILES string of the molecule is Cc1cccc(C)c1CN(C)C. The molecule has 0 aromatic heterocycles. The van der Waals surface area contributed by atoms with E-state index in [1.807, 2.05) is 0 Å². The molecule has 0 radical (unpaired) electrons. The third kappa shape index (κ3) is 2.08. The van der Waals surface area contributed by atoms with Gasteiger partial charge in [0, 0.05) is 6.54 Å². The fourth-order valence-electron chi connectivity index (χ4n) is 1.41. The minimum atomic E-state index is 1.04. The summed E-state index contributed by atoms with van der Waals surface area (Å²) in [6.07, 6.45) is 0. The second-order valence-electron chi connectivity index (χ2n) is 3.61. The number of hydrogen-bond donors (Lipinski definition) is 0. The number of rotatable bonds is 2. The van der Waals surface area contributed by atoms with Gasteiger partial charge in [0.2, 0.25) is 0 Å². The summed E-state index contributed by atoms with van der Waals surface area (Å²) in [6, 6.07) is 6.46. The van der Waals surface area contributed by atoms with Crippen LogP contribution < -0.4 is 0 Å². The lowest BCUT2D eigenvalue weighted by atomic mass is 10.0. The Morgan fingerprint density at radius 1 is 1.08 bits per heavy atom. The lowest BCUT2D eigenvalue weighted by Crippen LogP contribution is -2.12. The molecule has 0 atom stereocenters. The van der Waals surface area contributed by atoms with Crippen molar-refractivity contribution in [2.24, 2.45) is 0 Å². The Balaban J connectivity index is 2.96. The van der Waals surface area contributed by atoms with Crippen LogP contribution in [-0.2, 0) is 6.54 Å². The predicted molar refractivity (Wildman–Crippen MR) is 53.3 cm³/mol. The highest BCUT2D eigenvalue weighted by molar-refractivity contribution is 5.33. The summed E-state index contributed by atoms with van der Waals surface area (Å²) in [6.45, 7) is 5.39. The predicted octanol–water partition coefficient (Wildman–Crippen LogP) is 2.37. The smallest absolute Gasteiger partial charge is 0.0232 e. The Morgan fingerprint density at radius 3 is 2.00 bits per heavy atom. The van der Waals surface area contributed by atoms with Gasteiger partial charge in [0.25, 0.3) is 0 Å². The third-order valence-corrected chi connectivity index (χ3v) is 2.12. The highest BCUT2D eigenvalue weighted by Gasteiger charge is 2.01. The van der Waals surface area contributed by atoms with Gasteiger partial charge in [0.15, 0.2) is 0 Å². The molecule has 0 amide bonds. The summed E-state index contributed by atoms with van der Waals surface area (Å²) in [7, 11) is 4.21. The van der Waals surface area contributed by atoms with Crippen molar-refractivity contribution < 1.29 is 0 Å². The van der Waals surface area contributed by atoms with E-state index in [0.29, 0.717) is 0 Å². The number of nitrogens with zero attached hydrogens (tertiary/aromatic N) is 1. The molecule has 0 saturated carbocycles. The lowest BCUT2D eigenvalue weighted by Gasteiger charge is -2.14. The van der Waals surface area contributed by atoms with Crippen molar-refractivity contribution in [3.8, 4) is 0 Å². The van der Waals surface area contributed by atoms with E-state index in [-0.39, 0.29) is 0 Å². The second kappa shape index (κ2) is 3.72. The van der Waals surface area contributed by atoms with Crippen molar-refractivity contribution in [1.29, 1.82) is 0 Å². The van der Waals surface area contributed by atoms with Crippen LogP contribution >= 0.6 is 0 Å². The van der Waals surface area contributed by atoms with Gasteiger partial charge in [0.1, 0.15) is 0 Å². The molecule has 0 bridgehead atoms. The van der Waals surface area contributed by atoms with Crippen molar-refractivity contribution in [2.75, 3.05) is 14.1 Å². The van der Waals surface area contributed by atoms with Gasteiger partial charge in [-0.05, 0) is 44.6 Å². The minimum absolute atomic E-state index is 1.04. The zero-order valence-corrected chi connectivity index (χ0v) is 8.39. The molecule has 1 nitrogen and oxygen atoms in total. The summed E-state index contributed by atoms with van der Waals surface area (Å²) < 4.78 is 0. The molecule has 12 heavy (non-hydrogen) atoms. The lowest BCUT2D eigenvalue weighted by molar-refractivity contribution is 0.400. The molecule has 1 aromatic rings. The maximum Gasteiger partial charge on any atom is 0.0232 e. The van der Waals surface area contributed by atoms with Gasteiger partial charge >= 0.3 is 0 Å². The monoisotopic (exact) mass is 163 g/mol. The Hall–Kier alpha value is -0.820. The highest BCUT2D eigenvalue weighted by atomic mass is 15.0. The molecule has 0 spiro atoms. The summed E-state index contributed by atoms with van der Waals surface area (Å²) in [5, 5.41) is 0. The fraction of sp³-hybridized carbons (Fsp3) is 0.455. The van der Waals surface area contributed by atoms with Gasteiger partial charge in [0.05, 0.1) is 0 Å². The van der Waals surface area contributed by atoms with Crippen molar-refractivity contribution >= 4 is 0 Å². The van der Waals surface area contributed by atoms with Crippen LogP contribution in [0, 0.1) is 13.8 Å². The van der Waals surface area contributed by atoms with Crippen molar-refractivity contribution in [3.63, 3.8) is 0 Å². The molecular formula is C11H17N. The molecule has 0 heterocycles. The fourth-order valence-corrected chi connectivity index (χ4v) is 1.41. The Kier molecular flexibility index (Phi) is 2.88. The van der Waals surface area contributed by atoms with Crippen LogP contribution in [0.5, 0.6) is 0 Å². The number of aryl methyl sites for hydroxylation is 2. The van der Waals surface area contributed by atoms with E-state index in [2.05, 4.69) is 51.0 Å². The Bertz CT molecular complexity index is 243. The zero-order valence-electron chi connectivity index (χ0n) is 8.39. The molecule has 0 unspecified atom stereocenters.